The zero-order valence-electron chi connectivity index (χ0n) is 7.90. The van der Waals surface area contributed by atoms with Crippen LogP contribution in [0, 0.1) is 0 Å². The van der Waals surface area contributed by atoms with Gasteiger partial charge in [-0.3, -0.25) is 0 Å². The number of anilines is 1. The van der Waals surface area contributed by atoms with Crippen molar-refractivity contribution < 1.29 is 14.6 Å². The number of carboxylic acid groups (broad SMARTS) is 1. The molecule has 0 amide bonds. The Hall–Kier alpha value is -1.56. The summed E-state index contributed by atoms with van der Waals surface area (Å²) < 4.78 is 5.55. The fourth-order valence-corrected chi connectivity index (χ4v) is 1.29. The van der Waals surface area contributed by atoms with E-state index in [1.807, 2.05) is 0 Å². The molecule has 15 heavy (non-hydrogen) atoms. The number of rotatable bonds is 3. The van der Waals surface area contributed by atoms with Gasteiger partial charge in [0.2, 0.25) is 5.88 Å². The fourth-order valence-electron chi connectivity index (χ4n) is 0.977. The van der Waals surface area contributed by atoms with Crippen LogP contribution >= 0.6 is 15.9 Å². The molecule has 0 fully saturated rings. The van der Waals surface area contributed by atoms with E-state index < -0.39 is 5.97 Å². The molecular formula is C9H9BrN2O3. The third-order valence-corrected chi connectivity index (χ3v) is 2.29. The first-order valence-corrected chi connectivity index (χ1v) is 4.74. The van der Waals surface area contributed by atoms with E-state index in [0.29, 0.717) is 15.7 Å². The van der Waals surface area contributed by atoms with Crippen LogP contribution in [0.2, 0.25) is 0 Å². The number of aliphatic carboxylic acids is 1. The third kappa shape index (κ3) is 2.69. The first-order valence-electron chi connectivity index (χ1n) is 3.95. The molecule has 0 aliphatic rings. The Morgan fingerprint density at radius 3 is 2.93 bits per heavy atom. The number of nitrogens with zero attached hydrogens (tertiary/aromatic N) is 1. The van der Waals surface area contributed by atoms with Crippen LogP contribution < -0.4 is 10.5 Å². The van der Waals surface area contributed by atoms with Gasteiger partial charge in [-0.25, -0.2) is 9.78 Å². The molecule has 0 unspecified atom stereocenters. The van der Waals surface area contributed by atoms with E-state index >= 15 is 0 Å². The normalized spacial score (nSPS) is 10.5. The second-order valence-electron chi connectivity index (χ2n) is 2.61. The van der Waals surface area contributed by atoms with E-state index in [2.05, 4.69) is 20.9 Å². The van der Waals surface area contributed by atoms with Gasteiger partial charge in [0.1, 0.15) is 0 Å². The molecule has 80 valence electrons. The second-order valence-corrected chi connectivity index (χ2v) is 3.47. The van der Waals surface area contributed by atoms with Crippen LogP contribution in [0.15, 0.2) is 16.7 Å². The van der Waals surface area contributed by atoms with E-state index in [-0.39, 0.29) is 5.88 Å². The second kappa shape index (κ2) is 4.79. The monoisotopic (exact) mass is 272 g/mol. The fraction of sp³-hybridized carbons (Fsp3) is 0.111. The molecule has 1 aromatic heterocycles. The van der Waals surface area contributed by atoms with E-state index in [0.717, 1.165) is 6.08 Å². The highest BCUT2D eigenvalue weighted by molar-refractivity contribution is 9.10. The minimum Gasteiger partial charge on any atom is -0.481 e. The van der Waals surface area contributed by atoms with E-state index in [9.17, 15) is 4.79 Å². The Morgan fingerprint density at radius 2 is 2.40 bits per heavy atom. The molecule has 0 saturated carbocycles. The minimum absolute atomic E-state index is 0.285. The molecule has 0 aliphatic heterocycles. The average molecular weight is 273 g/mol. The summed E-state index contributed by atoms with van der Waals surface area (Å²) in [5.41, 5.74) is 6.56. The van der Waals surface area contributed by atoms with Crippen LogP contribution in [0.3, 0.4) is 0 Å². The summed E-state index contributed by atoms with van der Waals surface area (Å²) >= 11 is 3.19. The summed E-state index contributed by atoms with van der Waals surface area (Å²) in [6.45, 7) is 0. The lowest BCUT2D eigenvalue weighted by Gasteiger charge is -2.07. The number of hydrogen-bond acceptors (Lipinski definition) is 4. The number of hydrogen-bond donors (Lipinski definition) is 2. The molecule has 1 rings (SSSR count). The van der Waals surface area contributed by atoms with Crippen LogP contribution in [0.4, 0.5) is 5.69 Å². The zero-order valence-corrected chi connectivity index (χ0v) is 9.48. The number of halogens is 1. The van der Waals surface area contributed by atoms with Gasteiger partial charge in [-0.15, -0.1) is 0 Å². The van der Waals surface area contributed by atoms with Crippen LogP contribution in [-0.4, -0.2) is 23.2 Å². The van der Waals surface area contributed by atoms with Crippen molar-refractivity contribution in [2.24, 2.45) is 0 Å². The number of carboxylic acids is 1. The van der Waals surface area contributed by atoms with Crippen LogP contribution in [0.1, 0.15) is 5.56 Å². The molecule has 1 heterocycles. The molecule has 0 spiro atoms. The quantitative estimate of drug-likeness (QED) is 0.816. The van der Waals surface area contributed by atoms with Crippen LogP contribution in [-0.2, 0) is 4.79 Å². The molecule has 5 nitrogen and oxygen atoms in total. The first-order chi connectivity index (χ1) is 7.06. The largest absolute Gasteiger partial charge is 0.481 e. The standard InChI is InChI=1S/C9H9BrN2O3/c1-15-9-5(2-3-7(13)14)8(11)6(10)4-12-9/h2-4H,1H3,(H2,11,12)(H,13,14)/b3-2+. The maximum absolute atomic E-state index is 10.4. The average Bonchev–Trinajstić information content (AvgIpc) is 2.20. The third-order valence-electron chi connectivity index (χ3n) is 1.66. The zero-order chi connectivity index (χ0) is 11.4. The number of nitrogens with two attached hydrogens (primary N) is 1. The number of aromatic nitrogens is 1. The maximum Gasteiger partial charge on any atom is 0.328 e. The highest BCUT2D eigenvalue weighted by atomic mass is 79.9. The molecule has 1 aromatic rings. The highest BCUT2D eigenvalue weighted by Crippen LogP contribution is 2.29. The lowest BCUT2D eigenvalue weighted by atomic mass is 10.2. The maximum atomic E-state index is 10.4. The lowest BCUT2D eigenvalue weighted by Crippen LogP contribution is -1.98. The molecule has 0 bridgehead atoms. The number of carbonyl (C=O) groups is 1. The van der Waals surface area contributed by atoms with Gasteiger partial charge in [-0.1, -0.05) is 0 Å². The van der Waals surface area contributed by atoms with Crippen molar-refractivity contribution in [2.45, 2.75) is 0 Å². The number of ether oxygens (including phenoxy) is 1. The molecule has 0 saturated heterocycles. The SMILES string of the molecule is COc1ncc(Br)c(N)c1/C=C/C(=O)O. The number of nitrogen functional groups attached to an aromatic ring is 1. The molecule has 3 N–H and O–H groups in total. The smallest absolute Gasteiger partial charge is 0.328 e. The first kappa shape index (κ1) is 11.5. The van der Waals surface area contributed by atoms with Gasteiger partial charge < -0.3 is 15.6 Å². The van der Waals surface area contributed by atoms with E-state index in [1.54, 1.807) is 0 Å². The van der Waals surface area contributed by atoms with Gasteiger partial charge in [-0.2, -0.15) is 0 Å². The summed E-state index contributed by atoms with van der Waals surface area (Å²) in [7, 11) is 1.44. The topological polar surface area (TPSA) is 85.4 Å². The van der Waals surface area contributed by atoms with Crippen LogP contribution in [0.25, 0.3) is 6.08 Å². The van der Waals surface area contributed by atoms with Gasteiger partial charge in [0.15, 0.2) is 0 Å². The molecule has 0 aromatic carbocycles. The van der Waals surface area contributed by atoms with Crippen molar-refractivity contribution in [3.05, 3.63) is 22.3 Å². The summed E-state index contributed by atoms with van der Waals surface area (Å²) in [5, 5.41) is 8.50. The summed E-state index contributed by atoms with van der Waals surface area (Å²) in [6.07, 6.45) is 3.81. The highest BCUT2D eigenvalue weighted by Gasteiger charge is 2.09. The van der Waals surface area contributed by atoms with Gasteiger partial charge in [0, 0.05) is 12.3 Å². The number of methoxy groups -OCH3 is 1. The summed E-state index contributed by atoms with van der Waals surface area (Å²) in [5.74, 6) is -0.773. The Kier molecular flexibility index (Phi) is 3.68. The van der Waals surface area contributed by atoms with Crippen molar-refractivity contribution in [1.82, 2.24) is 4.98 Å². The summed E-state index contributed by atoms with van der Waals surface area (Å²) in [6, 6.07) is 0. The van der Waals surface area contributed by atoms with Crippen molar-refractivity contribution >= 4 is 33.7 Å². The predicted octanol–water partition coefficient (Wildman–Crippen LogP) is 1.53. The van der Waals surface area contributed by atoms with Crippen molar-refractivity contribution in [3.8, 4) is 5.88 Å². The van der Waals surface area contributed by atoms with Gasteiger partial charge in [-0.05, 0) is 22.0 Å². The molecular weight excluding hydrogens is 264 g/mol. The summed E-state index contributed by atoms with van der Waals surface area (Å²) in [4.78, 5) is 14.3. The lowest BCUT2D eigenvalue weighted by molar-refractivity contribution is -0.131. The van der Waals surface area contributed by atoms with Gasteiger partial charge >= 0.3 is 5.97 Å². The Balaban J connectivity index is 3.23. The van der Waals surface area contributed by atoms with Crippen LogP contribution in [0.5, 0.6) is 5.88 Å². The van der Waals surface area contributed by atoms with Crippen molar-refractivity contribution in [2.75, 3.05) is 12.8 Å². The molecule has 0 aliphatic carbocycles. The Bertz CT molecular complexity index is 418. The Labute approximate surface area is 94.7 Å². The van der Waals surface area contributed by atoms with Gasteiger partial charge in [0.25, 0.3) is 0 Å². The van der Waals surface area contributed by atoms with Crippen molar-refractivity contribution in [1.29, 1.82) is 0 Å². The van der Waals surface area contributed by atoms with E-state index in [1.165, 1.54) is 19.4 Å². The number of pyridine rings is 1. The van der Waals surface area contributed by atoms with Gasteiger partial charge in [0.05, 0.1) is 22.8 Å². The Morgan fingerprint density at radius 1 is 1.73 bits per heavy atom. The van der Waals surface area contributed by atoms with E-state index in [4.69, 9.17) is 15.6 Å². The van der Waals surface area contributed by atoms with Crippen molar-refractivity contribution in [3.63, 3.8) is 0 Å². The molecule has 6 heteroatoms. The predicted molar refractivity (Wildman–Crippen MR) is 59.6 cm³/mol. The molecule has 0 atom stereocenters. The molecule has 0 radical (unpaired) electrons. The minimum atomic E-state index is -1.06.